The molecule has 0 atom stereocenters. The maximum Gasteiger partial charge on any atom is 0.421 e. The van der Waals surface area contributed by atoms with Crippen LogP contribution >= 0.6 is 0 Å². The quantitative estimate of drug-likeness (QED) is 0.278. The number of aromatic nitrogens is 4. The van der Waals surface area contributed by atoms with E-state index in [4.69, 9.17) is 11.5 Å². The van der Waals surface area contributed by atoms with Crippen molar-refractivity contribution >= 4 is 17.5 Å². The Morgan fingerprint density at radius 2 is 2.00 bits per heavy atom. The van der Waals surface area contributed by atoms with Crippen LogP contribution in [0.1, 0.15) is 45.4 Å². The van der Waals surface area contributed by atoms with E-state index in [2.05, 4.69) is 49.5 Å². The highest BCUT2D eigenvalue weighted by molar-refractivity contribution is 5.56. The molecule has 0 unspecified atom stereocenters. The van der Waals surface area contributed by atoms with Crippen molar-refractivity contribution in [1.82, 2.24) is 14.3 Å². The lowest BCUT2D eigenvalue weighted by molar-refractivity contribution is -0.686. The normalized spacial score (nSPS) is 11.7. The number of quaternary nitrogens is 1. The number of nitrogens with zero attached hydrogens (tertiary/aromatic N) is 6. The molecule has 7 N–H and O–H groups in total. The monoisotopic (exact) mass is 377 g/mol. The molecule has 0 aliphatic heterocycles. The molecule has 0 aliphatic rings. The first kappa shape index (κ1) is 21.0. The molecule has 0 fully saturated rings. The van der Waals surface area contributed by atoms with Gasteiger partial charge in [-0.3, -0.25) is 0 Å². The van der Waals surface area contributed by atoms with Gasteiger partial charge < -0.3 is 17.2 Å². The highest BCUT2D eigenvalue weighted by atomic mass is 15.3. The van der Waals surface area contributed by atoms with Crippen LogP contribution in [0.2, 0.25) is 0 Å². The van der Waals surface area contributed by atoms with Gasteiger partial charge >= 0.3 is 5.95 Å². The summed E-state index contributed by atoms with van der Waals surface area (Å²) in [6, 6.07) is 0. The van der Waals surface area contributed by atoms with E-state index >= 15 is 0 Å². The van der Waals surface area contributed by atoms with Gasteiger partial charge in [-0.2, -0.15) is 5.10 Å². The van der Waals surface area contributed by atoms with Gasteiger partial charge in [-0.1, -0.05) is 31.3 Å². The summed E-state index contributed by atoms with van der Waals surface area (Å²) in [6.45, 7) is 6.23. The number of rotatable bonds is 13. The van der Waals surface area contributed by atoms with Crippen LogP contribution in [0.3, 0.4) is 0 Å². The van der Waals surface area contributed by atoms with E-state index in [9.17, 15) is 0 Å². The molecule has 0 saturated carbocycles. The van der Waals surface area contributed by atoms with E-state index < -0.39 is 0 Å². The fourth-order valence-electron chi connectivity index (χ4n) is 2.89. The van der Waals surface area contributed by atoms with Crippen LogP contribution in [-0.2, 0) is 19.6 Å². The molecular weight excluding hydrogens is 342 g/mol. The van der Waals surface area contributed by atoms with Gasteiger partial charge in [0.25, 0.3) is 0 Å². The van der Waals surface area contributed by atoms with Crippen molar-refractivity contribution in [1.29, 1.82) is 0 Å². The van der Waals surface area contributed by atoms with E-state index in [1.165, 1.54) is 19.3 Å². The fourth-order valence-corrected chi connectivity index (χ4v) is 2.89. The van der Waals surface area contributed by atoms with Gasteiger partial charge in [-0.25, -0.2) is 13.8 Å². The fraction of sp³-hybridized carbons (Fsp3) is 0.667. The third kappa shape index (κ3) is 6.14. The van der Waals surface area contributed by atoms with Crippen molar-refractivity contribution in [3.8, 4) is 0 Å². The maximum atomic E-state index is 6.14. The Labute approximate surface area is 161 Å². The Kier molecular flexibility index (Phi) is 8.93. The van der Waals surface area contributed by atoms with Crippen molar-refractivity contribution in [2.75, 3.05) is 18.8 Å². The lowest BCUT2D eigenvalue weighted by Crippen LogP contribution is -2.51. The van der Waals surface area contributed by atoms with Gasteiger partial charge in [-0.05, 0) is 19.4 Å². The molecule has 0 aromatic carbocycles. The molecule has 2 heterocycles. The second-order valence-electron chi connectivity index (χ2n) is 6.73. The summed E-state index contributed by atoms with van der Waals surface area (Å²) < 4.78 is 6.02. The largest absolute Gasteiger partial charge is 0.421 e. The summed E-state index contributed by atoms with van der Waals surface area (Å²) in [5.74, 6) is 1.37. The van der Waals surface area contributed by atoms with Crippen molar-refractivity contribution in [3.63, 3.8) is 0 Å². The summed E-state index contributed by atoms with van der Waals surface area (Å²) in [4.78, 5) is 0. The lowest BCUT2D eigenvalue weighted by Gasteiger charge is -2.02. The van der Waals surface area contributed by atoms with Crippen molar-refractivity contribution in [2.45, 2.75) is 65.1 Å². The van der Waals surface area contributed by atoms with E-state index in [1.54, 1.807) is 10.9 Å². The van der Waals surface area contributed by atoms with Gasteiger partial charge in [0.2, 0.25) is 0 Å². The third-order valence-corrected chi connectivity index (χ3v) is 4.52. The smallest absolute Gasteiger partial charge is 0.382 e. The first-order valence-corrected chi connectivity index (χ1v) is 10.0. The van der Waals surface area contributed by atoms with Crippen LogP contribution in [0.5, 0.6) is 0 Å². The van der Waals surface area contributed by atoms with E-state index in [0.29, 0.717) is 24.6 Å². The SMILES string of the molecule is CCCCCCn1cc[n+](CCC[NH3+])c1N=Nc1cnn(CCCN)c1N. The molecule has 0 aliphatic carbocycles. The Bertz CT molecular complexity index is 702. The van der Waals surface area contributed by atoms with Crippen LogP contribution < -0.4 is 21.8 Å². The van der Waals surface area contributed by atoms with Gasteiger partial charge in [0.1, 0.15) is 0 Å². The number of nitrogens with two attached hydrogens (primary N) is 2. The number of imidazole rings is 1. The lowest BCUT2D eigenvalue weighted by atomic mass is 10.2. The molecule has 27 heavy (non-hydrogen) atoms. The number of nitrogen functional groups attached to an aromatic ring is 1. The molecule has 150 valence electrons. The predicted octanol–water partition coefficient (Wildman–Crippen LogP) is 1.53. The van der Waals surface area contributed by atoms with Crippen LogP contribution in [0, 0.1) is 0 Å². The third-order valence-electron chi connectivity index (χ3n) is 4.52. The molecule has 0 radical (unpaired) electrons. The number of unbranched alkanes of at least 4 members (excludes halogenated alkanes) is 3. The number of hydrogen-bond acceptors (Lipinski definition) is 5. The van der Waals surface area contributed by atoms with Crippen LogP contribution in [0.4, 0.5) is 17.5 Å². The summed E-state index contributed by atoms with van der Waals surface area (Å²) in [5.41, 5.74) is 16.2. The average Bonchev–Trinajstić information content (AvgIpc) is 3.23. The molecule has 2 aromatic rings. The van der Waals surface area contributed by atoms with E-state index in [0.717, 1.165) is 44.8 Å². The van der Waals surface area contributed by atoms with Crippen molar-refractivity contribution in [3.05, 3.63) is 18.6 Å². The molecule has 9 heteroatoms. The average molecular weight is 378 g/mol. The summed E-state index contributed by atoms with van der Waals surface area (Å²) in [5, 5.41) is 13.2. The molecular formula is C18H35N9+2. The topological polar surface area (TPSA) is 131 Å². The highest BCUT2D eigenvalue weighted by Gasteiger charge is 2.18. The minimum Gasteiger partial charge on any atom is -0.382 e. The molecule has 2 rings (SSSR count). The molecule has 0 amide bonds. The van der Waals surface area contributed by atoms with E-state index in [1.807, 2.05) is 0 Å². The zero-order chi connectivity index (χ0) is 19.5. The zero-order valence-corrected chi connectivity index (χ0v) is 16.6. The minimum absolute atomic E-state index is 0.526. The first-order valence-electron chi connectivity index (χ1n) is 10.0. The van der Waals surface area contributed by atoms with E-state index in [-0.39, 0.29) is 0 Å². The van der Waals surface area contributed by atoms with Crippen LogP contribution in [0.15, 0.2) is 28.8 Å². The Balaban J connectivity index is 2.15. The van der Waals surface area contributed by atoms with Gasteiger partial charge in [0, 0.05) is 18.1 Å². The minimum atomic E-state index is 0.526. The predicted molar refractivity (Wildman–Crippen MR) is 106 cm³/mol. The molecule has 9 nitrogen and oxygen atoms in total. The van der Waals surface area contributed by atoms with Gasteiger partial charge in [0.05, 0.1) is 38.2 Å². The number of aryl methyl sites for hydroxylation is 3. The first-order chi connectivity index (χ1) is 13.2. The van der Waals surface area contributed by atoms with Crippen molar-refractivity contribution < 1.29 is 10.3 Å². The van der Waals surface area contributed by atoms with Crippen LogP contribution in [-0.4, -0.2) is 27.4 Å². The second-order valence-corrected chi connectivity index (χ2v) is 6.73. The molecule has 0 saturated heterocycles. The summed E-state index contributed by atoms with van der Waals surface area (Å²) in [6.07, 6.45) is 12.5. The standard InChI is InChI=1S/C18H33N9/c1-2-3-4-5-10-25-13-14-26(11-6-8-19)18(25)24-23-16-15-22-27(17(16)21)12-7-9-20/h13-15,21H,2-12,19-20H2,1H3/p+2. The molecule has 0 bridgehead atoms. The Morgan fingerprint density at radius 1 is 1.15 bits per heavy atom. The van der Waals surface area contributed by atoms with Crippen LogP contribution in [0.25, 0.3) is 0 Å². The van der Waals surface area contributed by atoms with Gasteiger partial charge in [0.15, 0.2) is 11.5 Å². The highest BCUT2D eigenvalue weighted by Crippen LogP contribution is 2.23. The number of azo groups is 1. The molecule has 0 spiro atoms. The maximum absolute atomic E-state index is 6.14. The number of anilines is 1. The Morgan fingerprint density at radius 3 is 2.74 bits per heavy atom. The number of hydrogen-bond donors (Lipinski definition) is 3. The second kappa shape index (κ2) is 11.5. The Hall–Kier alpha value is -2.26. The van der Waals surface area contributed by atoms with Gasteiger partial charge in [-0.15, -0.1) is 0 Å². The summed E-state index contributed by atoms with van der Waals surface area (Å²) in [7, 11) is 0. The summed E-state index contributed by atoms with van der Waals surface area (Å²) >= 11 is 0. The molecule has 2 aromatic heterocycles. The van der Waals surface area contributed by atoms with Crippen molar-refractivity contribution in [2.24, 2.45) is 16.0 Å². The zero-order valence-electron chi connectivity index (χ0n) is 16.6.